The molecule has 1 aliphatic carbocycles. The van der Waals surface area contributed by atoms with E-state index < -0.39 is 5.82 Å². The van der Waals surface area contributed by atoms with Crippen molar-refractivity contribution in [2.75, 3.05) is 5.32 Å². The smallest absolute Gasteiger partial charge is 0.214 e. The van der Waals surface area contributed by atoms with Crippen LogP contribution >= 0.6 is 22.9 Å². The Hall–Kier alpha value is -1.66. The Balaban J connectivity index is 1.64. The molecule has 1 saturated carbocycles. The first-order chi connectivity index (χ1) is 11.2. The first-order valence-electron chi connectivity index (χ1n) is 7.77. The molecule has 0 atom stereocenters. The predicted octanol–water partition coefficient (Wildman–Crippen LogP) is 4.99. The Morgan fingerprint density at radius 2 is 2.09 bits per heavy atom. The Morgan fingerprint density at radius 1 is 1.26 bits per heavy atom. The maximum Gasteiger partial charge on any atom is 0.214 e. The SMILES string of the molecule is Fc1ccc(-c2cnc3sc(NC4CCCCC4)nn23)cc1Cl. The standard InChI is InChI=1S/C16H16ClFN4S/c17-12-8-10(6-7-13(12)18)14-9-19-16-22(14)21-15(23-16)20-11-4-2-1-3-5-11/h6-9,11H,1-5H2,(H,20,21). The number of halogens is 2. The lowest BCUT2D eigenvalue weighted by atomic mass is 9.96. The molecule has 0 amide bonds. The van der Waals surface area contributed by atoms with Gasteiger partial charge in [0.05, 0.1) is 16.9 Å². The summed E-state index contributed by atoms with van der Waals surface area (Å²) in [4.78, 5) is 5.22. The van der Waals surface area contributed by atoms with Crippen LogP contribution in [0.4, 0.5) is 9.52 Å². The van der Waals surface area contributed by atoms with Crippen molar-refractivity contribution < 1.29 is 4.39 Å². The van der Waals surface area contributed by atoms with Crippen molar-refractivity contribution in [3.05, 3.63) is 35.2 Å². The molecule has 23 heavy (non-hydrogen) atoms. The largest absolute Gasteiger partial charge is 0.357 e. The zero-order valence-corrected chi connectivity index (χ0v) is 14.0. The van der Waals surface area contributed by atoms with Crippen LogP contribution in [0.5, 0.6) is 0 Å². The summed E-state index contributed by atoms with van der Waals surface area (Å²) in [6.45, 7) is 0. The molecule has 120 valence electrons. The highest BCUT2D eigenvalue weighted by molar-refractivity contribution is 7.20. The second kappa shape index (κ2) is 6.09. The highest BCUT2D eigenvalue weighted by Crippen LogP contribution is 2.30. The zero-order valence-electron chi connectivity index (χ0n) is 12.4. The molecule has 7 heteroatoms. The first-order valence-corrected chi connectivity index (χ1v) is 8.97. The molecular formula is C16H16ClFN4S. The van der Waals surface area contributed by atoms with Crippen molar-refractivity contribution in [1.29, 1.82) is 0 Å². The van der Waals surface area contributed by atoms with E-state index in [9.17, 15) is 4.39 Å². The predicted molar refractivity (Wildman–Crippen MR) is 91.8 cm³/mol. The monoisotopic (exact) mass is 350 g/mol. The van der Waals surface area contributed by atoms with Gasteiger partial charge in [0.1, 0.15) is 5.82 Å². The van der Waals surface area contributed by atoms with E-state index in [4.69, 9.17) is 11.6 Å². The molecule has 0 radical (unpaired) electrons. The van der Waals surface area contributed by atoms with Gasteiger partial charge in [0.2, 0.25) is 10.1 Å². The minimum absolute atomic E-state index is 0.105. The quantitative estimate of drug-likeness (QED) is 0.723. The molecule has 0 unspecified atom stereocenters. The molecule has 2 aromatic heterocycles. The van der Waals surface area contributed by atoms with Crippen molar-refractivity contribution in [2.45, 2.75) is 38.1 Å². The molecule has 3 aromatic rings. The fraction of sp³-hybridized carbons (Fsp3) is 0.375. The van der Waals surface area contributed by atoms with Gasteiger partial charge < -0.3 is 5.32 Å². The van der Waals surface area contributed by atoms with E-state index in [1.807, 2.05) is 0 Å². The topological polar surface area (TPSA) is 42.2 Å². The van der Waals surface area contributed by atoms with E-state index in [0.29, 0.717) is 6.04 Å². The number of imidazole rings is 1. The molecule has 1 aliphatic rings. The van der Waals surface area contributed by atoms with Crippen LogP contribution in [0.15, 0.2) is 24.4 Å². The average molecular weight is 351 g/mol. The van der Waals surface area contributed by atoms with Gasteiger partial charge in [-0.3, -0.25) is 0 Å². The van der Waals surface area contributed by atoms with Crippen LogP contribution in [0, 0.1) is 5.82 Å². The molecule has 1 fully saturated rings. The molecule has 1 aromatic carbocycles. The van der Waals surface area contributed by atoms with Gasteiger partial charge in [-0.05, 0) is 31.0 Å². The summed E-state index contributed by atoms with van der Waals surface area (Å²) in [6.07, 6.45) is 8.02. The van der Waals surface area contributed by atoms with E-state index in [1.165, 1.54) is 49.5 Å². The molecule has 0 saturated heterocycles. The van der Waals surface area contributed by atoms with Gasteiger partial charge in [-0.15, -0.1) is 5.10 Å². The van der Waals surface area contributed by atoms with Crippen LogP contribution in [0.25, 0.3) is 16.2 Å². The van der Waals surface area contributed by atoms with Crippen LogP contribution in [-0.2, 0) is 0 Å². The summed E-state index contributed by atoms with van der Waals surface area (Å²) in [5.41, 5.74) is 1.62. The van der Waals surface area contributed by atoms with Crippen molar-refractivity contribution in [3.63, 3.8) is 0 Å². The number of hydrogen-bond acceptors (Lipinski definition) is 4. The van der Waals surface area contributed by atoms with Gasteiger partial charge in [0.25, 0.3) is 0 Å². The van der Waals surface area contributed by atoms with Crippen molar-refractivity contribution >= 4 is 33.0 Å². The number of rotatable bonds is 3. The number of nitrogens with zero attached hydrogens (tertiary/aromatic N) is 3. The zero-order chi connectivity index (χ0) is 15.8. The van der Waals surface area contributed by atoms with Crippen LogP contribution in [0.1, 0.15) is 32.1 Å². The number of hydrogen-bond donors (Lipinski definition) is 1. The molecule has 0 aliphatic heterocycles. The molecule has 2 heterocycles. The lowest BCUT2D eigenvalue weighted by Crippen LogP contribution is -2.22. The third-order valence-corrected chi connectivity index (χ3v) is 5.38. The number of benzene rings is 1. The fourth-order valence-electron chi connectivity index (χ4n) is 3.02. The van der Waals surface area contributed by atoms with Crippen LogP contribution in [0.3, 0.4) is 0 Å². The second-order valence-electron chi connectivity index (χ2n) is 5.85. The van der Waals surface area contributed by atoms with Crippen LogP contribution < -0.4 is 5.32 Å². The summed E-state index contributed by atoms with van der Waals surface area (Å²) in [5, 5.41) is 9.12. The van der Waals surface area contributed by atoms with Gasteiger partial charge in [-0.1, -0.05) is 42.2 Å². The number of fused-ring (bicyclic) bond motifs is 1. The maximum absolute atomic E-state index is 13.3. The van der Waals surface area contributed by atoms with Crippen LogP contribution in [-0.4, -0.2) is 20.6 Å². The maximum atomic E-state index is 13.3. The van der Waals surface area contributed by atoms with Crippen molar-refractivity contribution in [2.24, 2.45) is 0 Å². The third-order valence-electron chi connectivity index (χ3n) is 4.23. The van der Waals surface area contributed by atoms with E-state index >= 15 is 0 Å². The average Bonchev–Trinajstić information content (AvgIpc) is 3.11. The number of aromatic nitrogens is 3. The summed E-state index contributed by atoms with van der Waals surface area (Å²) >= 11 is 7.42. The Labute approximate surface area is 142 Å². The van der Waals surface area contributed by atoms with Crippen molar-refractivity contribution in [1.82, 2.24) is 14.6 Å². The van der Waals surface area contributed by atoms with Gasteiger partial charge >= 0.3 is 0 Å². The number of nitrogens with one attached hydrogen (secondary N) is 1. The molecule has 0 bridgehead atoms. The normalized spacial score (nSPS) is 16.1. The minimum Gasteiger partial charge on any atom is -0.357 e. The summed E-state index contributed by atoms with van der Waals surface area (Å²) in [5.74, 6) is -0.422. The minimum atomic E-state index is -0.422. The summed E-state index contributed by atoms with van der Waals surface area (Å²) in [7, 11) is 0. The second-order valence-corrected chi connectivity index (χ2v) is 7.22. The van der Waals surface area contributed by atoms with Gasteiger partial charge in [-0.25, -0.2) is 13.9 Å². The summed E-state index contributed by atoms with van der Waals surface area (Å²) in [6, 6.07) is 5.17. The van der Waals surface area contributed by atoms with Gasteiger partial charge in [0.15, 0.2) is 0 Å². The van der Waals surface area contributed by atoms with E-state index in [-0.39, 0.29) is 5.02 Å². The number of anilines is 1. The van der Waals surface area contributed by atoms with E-state index in [1.54, 1.807) is 22.8 Å². The van der Waals surface area contributed by atoms with Crippen molar-refractivity contribution in [3.8, 4) is 11.3 Å². The molecular weight excluding hydrogens is 335 g/mol. The molecule has 1 N–H and O–H groups in total. The van der Waals surface area contributed by atoms with Gasteiger partial charge in [-0.2, -0.15) is 0 Å². The lowest BCUT2D eigenvalue weighted by Gasteiger charge is -2.21. The van der Waals surface area contributed by atoms with Gasteiger partial charge in [0, 0.05) is 11.6 Å². The molecule has 4 nitrogen and oxygen atoms in total. The third kappa shape index (κ3) is 2.93. The Bertz CT molecular complexity index is 838. The first kappa shape index (κ1) is 14.9. The summed E-state index contributed by atoms with van der Waals surface area (Å²) < 4.78 is 15.1. The Morgan fingerprint density at radius 3 is 2.87 bits per heavy atom. The lowest BCUT2D eigenvalue weighted by molar-refractivity contribution is 0.462. The highest BCUT2D eigenvalue weighted by Gasteiger charge is 2.17. The molecule has 0 spiro atoms. The fourth-order valence-corrected chi connectivity index (χ4v) is 4.06. The Kier molecular flexibility index (Phi) is 3.95. The molecule has 4 rings (SSSR count). The van der Waals surface area contributed by atoms with E-state index in [0.717, 1.165) is 21.3 Å². The highest BCUT2D eigenvalue weighted by atomic mass is 35.5. The van der Waals surface area contributed by atoms with E-state index in [2.05, 4.69) is 15.4 Å². The van der Waals surface area contributed by atoms with Crippen LogP contribution in [0.2, 0.25) is 5.02 Å².